The predicted molar refractivity (Wildman–Crippen MR) is 94.2 cm³/mol. The first-order chi connectivity index (χ1) is 11.7. The summed E-state index contributed by atoms with van der Waals surface area (Å²) in [5.41, 5.74) is 2.58. The van der Waals surface area contributed by atoms with Crippen LogP contribution in [0.25, 0.3) is 5.57 Å². The van der Waals surface area contributed by atoms with Crippen LogP contribution in [0.2, 0.25) is 5.02 Å². The number of rotatable bonds is 4. The van der Waals surface area contributed by atoms with Gasteiger partial charge in [-0.1, -0.05) is 23.7 Å². The Hall–Kier alpha value is -1.09. The summed E-state index contributed by atoms with van der Waals surface area (Å²) in [7, 11) is -1.42. The summed E-state index contributed by atoms with van der Waals surface area (Å²) in [6, 6.07) is 3.68. The van der Waals surface area contributed by atoms with E-state index in [9.17, 15) is 13.2 Å². The van der Waals surface area contributed by atoms with Crippen molar-refractivity contribution in [1.82, 2.24) is 0 Å². The second-order valence-electron chi connectivity index (χ2n) is 7.28. The van der Waals surface area contributed by atoms with Crippen LogP contribution in [0.5, 0.6) is 0 Å². The molecule has 0 saturated carbocycles. The lowest BCUT2D eigenvalue weighted by Crippen LogP contribution is -2.41. The zero-order chi connectivity index (χ0) is 19.9. The van der Waals surface area contributed by atoms with Crippen LogP contribution in [0.4, 0.5) is 17.6 Å². The van der Waals surface area contributed by atoms with E-state index >= 15 is 4.39 Å². The summed E-state index contributed by atoms with van der Waals surface area (Å²) in [5.74, 6) is 0. The van der Waals surface area contributed by atoms with Gasteiger partial charge in [0.05, 0.1) is 11.2 Å². The summed E-state index contributed by atoms with van der Waals surface area (Å²) in [4.78, 5) is 0. The SMILES string of the molecule is CC1(C)OB(C(F)=C(CC(N)C(F)(F)F)c2cccc(Cl)c2)OC1(C)C. The molecule has 2 N–H and O–H groups in total. The topological polar surface area (TPSA) is 44.5 Å². The highest BCUT2D eigenvalue weighted by atomic mass is 35.5. The standard InChI is InChI=1S/C17H21BClF4NO2/c1-15(2)16(3,4)26-18(25-15)14(20)12(9-13(24)17(21,22)23)10-6-5-7-11(19)8-10/h5-8,13H,9,24H2,1-4H3. The number of hydrogen-bond donors (Lipinski definition) is 1. The van der Waals surface area contributed by atoms with Gasteiger partial charge in [0.1, 0.15) is 11.8 Å². The van der Waals surface area contributed by atoms with Crippen LogP contribution < -0.4 is 5.73 Å². The summed E-state index contributed by atoms with van der Waals surface area (Å²) in [6.07, 6.45) is -5.43. The number of hydrogen-bond acceptors (Lipinski definition) is 3. The molecule has 1 aromatic rings. The van der Waals surface area contributed by atoms with E-state index in [4.69, 9.17) is 26.6 Å². The van der Waals surface area contributed by atoms with Gasteiger partial charge in [-0.15, -0.1) is 0 Å². The fraction of sp³-hybridized carbons (Fsp3) is 0.529. The molecule has 0 bridgehead atoms. The lowest BCUT2D eigenvalue weighted by atomic mass is 9.81. The molecule has 3 nitrogen and oxygen atoms in total. The van der Waals surface area contributed by atoms with Gasteiger partial charge in [-0.2, -0.15) is 13.2 Å². The molecule has 0 radical (unpaired) electrons. The third kappa shape index (κ3) is 4.42. The van der Waals surface area contributed by atoms with Crippen molar-refractivity contribution in [1.29, 1.82) is 0 Å². The number of nitrogens with two attached hydrogens (primary N) is 1. The molecule has 1 heterocycles. The molecule has 1 fully saturated rings. The van der Waals surface area contributed by atoms with Gasteiger partial charge in [-0.05, 0) is 57.4 Å². The average molecular weight is 394 g/mol. The summed E-state index contributed by atoms with van der Waals surface area (Å²) < 4.78 is 65.2. The molecule has 1 saturated heterocycles. The fourth-order valence-corrected chi connectivity index (χ4v) is 2.64. The minimum Gasteiger partial charge on any atom is -0.398 e. The molecular weight excluding hydrogens is 372 g/mol. The Morgan fingerprint density at radius 2 is 1.73 bits per heavy atom. The minimum absolute atomic E-state index is 0.199. The molecule has 1 unspecified atom stereocenters. The quantitative estimate of drug-likeness (QED) is 0.582. The fourth-order valence-electron chi connectivity index (χ4n) is 2.45. The summed E-state index contributed by atoms with van der Waals surface area (Å²) >= 11 is 5.91. The van der Waals surface area contributed by atoms with Gasteiger partial charge in [-0.3, -0.25) is 0 Å². The monoisotopic (exact) mass is 393 g/mol. The van der Waals surface area contributed by atoms with Gasteiger partial charge < -0.3 is 15.0 Å². The third-order valence-electron chi connectivity index (χ3n) is 4.77. The van der Waals surface area contributed by atoms with Crippen molar-refractivity contribution in [2.75, 3.05) is 0 Å². The Morgan fingerprint density at radius 3 is 2.19 bits per heavy atom. The molecular formula is C17H21BClF4NO2. The second-order valence-corrected chi connectivity index (χ2v) is 7.71. The van der Waals surface area contributed by atoms with Crippen molar-refractivity contribution in [3.63, 3.8) is 0 Å². The lowest BCUT2D eigenvalue weighted by Gasteiger charge is -2.32. The predicted octanol–water partition coefficient (Wildman–Crippen LogP) is 4.93. The van der Waals surface area contributed by atoms with Crippen LogP contribution >= 0.6 is 11.6 Å². The van der Waals surface area contributed by atoms with E-state index in [1.54, 1.807) is 33.8 Å². The van der Waals surface area contributed by atoms with Crippen LogP contribution in [0.3, 0.4) is 0 Å². The van der Waals surface area contributed by atoms with Crippen molar-refractivity contribution in [2.24, 2.45) is 5.73 Å². The van der Waals surface area contributed by atoms with Crippen molar-refractivity contribution in [3.8, 4) is 0 Å². The maximum Gasteiger partial charge on any atom is 0.525 e. The smallest absolute Gasteiger partial charge is 0.398 e. The molecule has 0 aliphatic carbocycles. The Kier molecular flexibility index (Phi) is 5.83. The Morgan fingerprint density at radius 1 is 1.19 bits per heavy atom. The van der Waals surface area contributed by atoms with Crippen molar-refractivity contribution >= 4 is 24.3 Å². The number of alkyl halides is 3. The van der Waals surface area contributed by atoms with Crippen LogP contribution in [0.1, 0.15) is 39.7 Å². The maximum absolute atomic E-state index is 15.2. The first-order valence-electron chi connectivity index (χ1n) is 8.07. The lowest BCUT2D eigenvalue weighted by molar-refractivity contribution is -0.146. The largest absolute Gasteiger partial charge is 0.525 e. The molecule has 1 atom stereocenters. The first-order valence-corrected chi connectivity index (χ1v) is 8.45. The van der Waals surface area contributed by atoms with E-state index in [2.05, 4.69) is 0 Å². The molecule has 9 heteroatoms. The van der Waals surface area contributed by atoms with Crippen molar-refractivity contribution in [2.45, 2.75) is 57.5 Å². The molecule has 1 aliphatic rings. The molecule has 26 heavy (non-hydrogen) atoms. The van der Waals surface area contributed by atoms with E-state index in [1.807, 2.05) is 0 Å². The van der Waals surface area contributed by atoms with E-state index < -0.39 is 42.7 Å². The van der Waals surface area contributed by atoms with Crippen molar-refractivity contribution < 1.29 is 26.9 Å². The molecule has 2 rings (SSSR count). The Balaban J connectivity index is 2.47. The minimum atomic E-state index is -4.67. The third-order valence-corrected chi connectivity index (χ3v) is 5.00. The molecule has 0 spiro atoms. The first kappa shape index (κ1) is 21.2. The number of benzene rings is 1. The van der Waals surface area contributed by atoms with Gasteiger partial charge in [-0.25, -0.2) is 4.39 Å². The second kappa shape index (κ2) is 7.15. The van der Waals surface area contributed by atoms with Crippen LogP contribution in [-0.2, 0) is 9.31 Å². The van der Waals surface area contributed by atoms with E-state index in [0.717, 1.165) is 0 Å². The van der Waals surface area contributed by atoms with Crippen LogP contribution in [-0.4, -0.2) is 30.5 Å². The molecule has 0 aromatic heterocycles. The van der Waals surface area contributed by atoms with Crippen molar-refractivity contribution in [3.05, 3.63) is 40.6 Å². The number of halogens is 5. The van der Waals surface area contributed by atoms with Gasteiger partial charge in [0.15, 0.2) is 0 Å². The van der Waals surface area contributed by atoms with E-state index in [1.165, 1.54) is 18.2 Å². The van der Waals surface area contributed by atoms with Crippen LogP contribution in [0, 0.1) is 0 Å². The average Bonchev–Trinajstić information content (AvgIpc) is 2.71. The van der Waals surface area contributed by atoms with Gasteiger partial charge in [0.2, 0.25) is 0 Å². The maximum atomic E-state index is 15.2. The van der Waals surface area contributed by atoms with Gasteiger partial charge in [0.25, 0.3) is 0 Å². The molecule has 144 valence electrons. The van der Waals surface area contributed by atoms with E-state index in [-0.39, 0.29) is 16.2 Å². The summed E-state index contributed by atoms with van der Waals surface area (Å²) in [5, 5.41) is 0.266. The molecule has 1 aliphatic heterocycles. The normalized spacial score (nSPS) is 21.5. The molecule has 0 amide bonds. The highest BCUT2D eigenvalue weighted by Crippen LogP contribution is 2.41. The zero-order valence-electron chi connectivity index (χ0n) is 15.0. The molecule has 1 aromatic carbocycles. The Labute approximate surface area is 155 Å². The van der Waals surface area contributed by atoms with Gasteiger partial charge in [0, 0.05) is 5.02 Å². The highest BCUT2D eigenvalue weighted by molar-refractivity contribution is 6.55. The highest BCUT2D eigenvalue weighted by Gasteiger charge is 2.54. The summed E-state index contributed by atoms with van der Waals surface area (Å²) in [6.45, 7) is 6.89. The van der Waals surface area contributed by atoms with Gasteiger partial charge >= 0.3 is 13.3 Å². The van der Waals surface area contributed by atoms with E-state index in [0.29, 0.717) is 0 Å². The Bertz CT molecular complexity index is 690. The zero-order valence-corrected chi connectivity index (χ0v) is 15.7. The van der Waals surface area contributed by atoms with Crippen LogP contribution in [0.15, 0.2) is 30.0 Å².